The molecule has 0 bridgehead atoms. The highest BCUT2D eigenvalue weighted by atomic mass is 32.1. The first kappa shape index (κ1) is 10.8. The van der Waals surface area contributed by atoms with Gasteiger partial charge in [-0.2, -0.15) is 0 Å². The van der Waals surface area contributed by atoms with Crippen molar-refractivity contribution in [3.8, 4) is 0 Å². The van der Waals surface area contributed by atoms with Crippen LogP contribution in [0.3, 0.4) is 0 Å². The fourth-order valence-electron chi connectivity index (χ4n) is 2.07. The van der Waals surface area contributed by atoms with Crippen LogP contribution in [0.4, 0.5) is 0 Å². The molecule has 1 aliphatic rings. The van der Waals surface area contributed by atoms with Gasteiger partial charge in [-0.15, -0.1) is 11.3 Å². The number of thiophene rings is 1. The fourth-order valence-corrected chi connectivity index (χ4v) is 2.73. The SMILES string of the molecule is NC[C@@H]1CCCN1CC(=O)c1cccs1. The number of likely N-dealkylation sites (tertiary alicyclic amines) is 1. The average Bonchev–Trinajstić information content (AvgIpc) is 2.87. The minimum atomic E-state index is 0.227. The van der Waals surface area contributed by atoms with Crippen molar-refractivity contribution < 1.29 is 4.79 Å². The van der Waals surface area contributed by atoms with Crippen LogP contribution in [0.25, 0.3) is 0 Å². The van der Waals surface area contributed by atoms with Gasteiger partial charge in [0.25, 0.3) is 0 Å². The Morgan fingerprint density at radius 1 is 1.67 bits per heavy atom. The van der Waals surface area contributed by atoms with Gasteiger partial charge in [0.1, 0.15) is 0 Å². The van der Waals surface area contributed by atoms with Crippen LogP contribution < -0.4 is 5.73 Å². The monoisotopic (exact) mass is 224 g/mol. The smallest absolute Gasteiger partial charge is 0.186 e. The van der Waals surface area contributed by atoms with Crippen LogP contribution in [0, 0.1) is 0 Å². The summed E-state index contributed by atoms with van der Waals surface area (Å²) in [4.78, 5) is 14.9. The first-order valence-corrected chi connectivity index (χ1v) is 6.20. The van der Waals surface area contributed by atoms with Gasteiger partial charge in [-0.05, 0) is 30.8 Å². The van der Waals surface area contributed by atoms with E-state index in [2.05, 4.69) is 4.90 Å². The summed E-state index contributed by atoms with van der Waals surface area (Å²) in [5.41, 5.74) is 5.67. The maximum absolute atomic E-state index is 11.9. The number of carbonyl (C=O) groups is 1. The first-order valence-electron chi connectivity index (χ1n) is 5.32. The summed E-state index contributed by atoms with van der Waals surface area (Å²) >= 11 is 1.52. The van der Waals surface area contributed by atoms with Crippen LogP contribution in [0.2, 0.25) is 0 Å². The average molecular weight is 224 g/mol. The van der Waals surface area contributed by atoms with Crippen LogP contribution in [-0.4, -0.2) is 36.4 Å². The molecule has 0 spiro atoms. The summed E-state index contributed by atoms with van der Waals surface area (Å²) in [5.74, 6) is 0.227. The van der Waals surface area contributed by atoms with Crippen LogP contribution in [0.5, 0.6) is 0 Å². The minimum absolute atomic E-state index is 0.227. The Morgan fingerprint density at radius 2 is 2.53 bits per heavy atom. The van der Waals surface area contributed by atoms with Gasteiger partial charge in [0.2, 0.25) is 0 Å². The number of carbonyl (C=O) groups excluding carboxylic acids is 1. The Morgan fingerprint density at radius 3 is 3.20 bits per heavy atom. The molecule has 82 valence electrons. The first-order chi connectivity index (χ1) is 7.31. The molecule has 0 amide bonds. The molecular formula is C11H16N2OS. The van der Waals surface area contributed by atoms with E-state index in [9.17, 15) is 4.79 Å². The van der Waals surface area contributed by atoms with E-state index in [1.54, 1.807) is 0 Å². The Labute approximate surface area is 93.9 Å². The Balaban J connectivity index is 1.94. The molecule has 2 heterocycles. The van der Waals surface area contributed by atoms with Crippen molar-refractivity contribution in [1.82, 2.24) is 4.90 Å². The summed E-state index contributed by atoms with van der Waals surface area (Å²) in [7, 11) is 0. The predicted molar refractivity (Wildman–Crippen MR) is 62.3 cm³/mol. The molecule has 2 rings (SSSR count). The third-order valence-corrected chi connectivity index (χ3v) is 3.82. The summed E-state index contributed by atoms with van der Waals surface area (Å²) in [6.07, 6.45) is 2.30. The zero-order valence-electron chi connectivity index (χ0n) is 8.69. The molecular weight excluding hydrogens is 208 g/mol. The third-order valence-electron chi connectivity index (χ3n) is 2.91. The standard InChI is InChI=1S/C11H16N2OS/c12-7-9-3-1-5-13(9)8-10(14)11-4-2-6-15-11/h2,4,6,9H,1,3,5,7-8,12H2/t9-/m0/s1. The molecule has 1 fully saturated rings. The molecule has 2 N–H and O–H groups in total. The van der Waals surface area contributed by atoms with E-state index in [0.29, 0.717) is 19.1 Å². The van der Waals surface area contributed by atoms with Crippen molar-refractivity contribution in [2.75, 3.05) is 19.6 Å². The molecule has 1 atom stereocenters. The van der Waals surface area contributed by atoms with E-state index in [1.165, 1.54) is 17.8 Å². The summed E-state index contributed by atoms with van der Waals surface area (Å²) in [5, 5.41) is 1.94. The molecule has 0 saturated carbocycles. The van der Waals surface area contributed by atoms with Crippen molar-refractivity contribution in [2.24, 2.45) is 5.73 Å². The Kier molecular flexibility index (Phi) is 3.51. The molecule has 0 unspecified atom stereocenters. The van der Waals surface area contributed by atoms with Crippen molar-refractivity contribution in [1.29, 1.82) is 0 Å². The number of ketones is 1. The van der Waals surface area contributed by atoms with E-state index in [-0.39, 0.29) is 5.78 Å². The van der Waals surface area contributed by atoms with Crippen molar-refractivity contribution in [2.45, 2.75) is 18.9 Å². The van der Waals surface area contributed by atoms with Crippen molar-refractivity contribution in [3.05, 3.63) is 22.4 Å². The van der Waals surface area contributed by atoms with E-state index in [0.717, 1.165) is 17.8 Å². The van der Waals surface area contributed by atoms with Gasteiger partial charge >= 0.3 is 0 Å². The van der Waals surface area contributed by atoms with E-state index >= 15 is 0 Å². The van der Waals surface area contributed by atoms with Crippen molar-refractivity contribution >= 4 is 17.1 Å². The number of nitrogens with zero attached hydrogens (tertiary/aromatic N) is 1. The highest BCUT2D eigenvalue weighted by Crippen LogP contribution is 2.17. The molecule has 0 radical (unpaired) electrons. The lowest BCUT2D eigenvalue weighted by molar-refractivity contribution is 0.0928. The summed E-state index contributed by atoms with van der Waals surface area (Å²) in [6.45, 7) is 2.21. The number of hydrogen-bond donors (Lipinski definition) is 1. The zero-order chi connectivity index (χ0) is 10.7. The molecule has 1 aromatic heterocycles. The largest absolute Gasteiger partial charge is 0.329 e. The molecule has 1 saturated heterocycles. The molecule has 15 heavy (non-hydrogen) atoms. The van der Waals surface area contributed by atoms with E-state index in [1.807, 2.05) is 17.5 Å². The van der Waals surface area contributed by atoms with Gasteiger partial charge in [-0.25, -0.2) is 0 Å². The highest BCUT2D eigenvalue weighted by molar-refractivity contribution is 7.12. The number of hydrogen-bond acceptors (Lipinski definition) is 4. The molecule has 4 heteroatoms. The van der Waals surface area contributed by atoms with E-state index in [4.69, 9.17) is 5.73 Å². The van der Waals surface area contributed by atoms with Crippen LogP contribution in [0.15, 0.2) is 17.5 Å². The minimum Gasteiger partial charge on any atom is -0.329 e. The second-order valence-corrected chi connectivity index (χ2v) is 4.85. The Hall–Kier alpha value is -0.710. The van der Waals surface area contributed by atoms with Crippen LogP contribution in [0.1, 0.15) is 22.5 Å². The van der Waals surface area contributed by atoms with Gasteiger partial charge in [0.15, 0.2) is 5.78 Å². The molecule has 0 aliphatic carbocycles. The Bertz CT molecular complexity index is 323. The predicted octanol–water partition coefficient (Wildman–Crippen LogP) is 1.35. The number of rotatable bonds is 4. The lowest BCUT2D eigenvalue weighted by Crippen LogP contribution is -2.38. The molecule has 3 nitrogen and oxygen atoms in total. The van der Waals surface area contributed by atoms with Crippen LogP contribution >= 0.6 is 11.3 Å². The van der Waals surface area contributed by atoms with Gasteiger partial charge in [0, 0.05) is 12.6 Å². The fraction of sp³-hybridized carbons (Fsp3) is 0.545. The third kappa shape index (κ3) is 2.45. The normalized spacial score (nSPS) is 22.1. The lowest BCUT2D eigenvalue weighted by Gasteiger charge is -2.21. The van der Waals surface area contributed by atoms with Crippen molar-refractivity contribution in [3.63, 3.8) is 0 Å². The zero-order valence-corrected chi connectivity index (χ0v) is 9.50. The van der Waals surface area contributed by atoms with Gasteiger partial charge in [0.05, 0.1) is 11.4 Å². The summed E-state index contributed by atoms with van der Waals surface area (Å²) in [6, 6.07) is 4.22. The molecule has 0 aromatic carbocycles. The summed E-state index contributed by atoms with van der Waals surface area (Å²) < 4.78 is 0. The van der Waals surface area contributed by atoms with E-state index < -0.39 is 0 Å². The second-order valence-electron chi connectivity index (χ2n) is 3.90. The topological polar surface area (TPSA) is 46.3 Å². The highest BCUT2D eigenvalue weighted by Gasteiger charge is 2.25. The lowest BCUT2D eigenvalue weighted by atomic mass is 10.2. The van der Waals surface area contributed by atoms with Gasteiger partial charge < -0.3 is 5.73 Å². The molecule has 1 aliphatic heterocycles. The quantitative estimate of drug-likeness (QED) is 0.785. The number of Topliss-reactive ketones (excluding diaryl/α,β-unsaturated/α-hetero) is 1. The molecule has 1 aromatic rings. The maximum atomic E-state index is 11.9. The maximum Gasteiger partial charge on any atom is 0.186 e. The second kappa shape index (κ2) is 4.88. The van der Waals surface area contributed by atoms with Crippen LogP contribution in [-0.2, 0) is 0 Å². The van der Waals surface area contributed by atoms with Gasteiger partial charge in [-0.1, -0.05) is 6.07 Å². The number of nitrogens with two attached hydrogens (primary N) is 1. The van der Waals surface area contributed by atoms with Gasteiger partial charge in [-0.3, -0.25) is 9.69 Å².